The summed E-state index contributed by atoms with van der Waals surface area (Å²) in [6, 6.07) is 3.37. The molecule has 1 aliphatic rings. The van der Waals surface area contributed by atoms with E-state index in [1.54, 1.807) is 0 Å². The molecular formula is C18H24F2N4O. The highest BCUT2D eigenvalue weighted by Crippen LogP contribution is 2.37. The number of halogens is 2. The van der Waals surface area contributed by atoms with Gasteiger partial charge in [-0.15, -0.1) is 0 Å². The van der Waals surface area contributed by atoms with Gasteiger partial charge >= 0.3 is 0 Å². The van der Waals surface area contributed by atoms with E-state index in [-0.39, 0.29) is 18.2 Å². The quantitative estimate of drug-likeness (QED) is 0.795. The van der Waals surface area contributed by atoms with E-state index in [0.717, 1.165) is 31.9 Å². The number of aromatic nitrogens is 3. The molecule has 1 aromatic carbocycles. The normalized spacial score (nSPS) is 18.3. The van der Waals surface area contributed by atoms with Crippen molar-refractivity contribution in [1.82, 2.24) is 19.7 Å². The molecule has 1 saturated carbocycles. The van der Waals surface area contributed by atoms with E-state index < -0.39 is 17.2 Å². The molecule has 0 amide bonds. The highest BCUT2D eigenvalue weighted by Gasteiger charge is 2.45. The van der Waals surface area contributed by atoms with Crippen molar-refractivity contribution in [3.05, 3.63) is 48.1 Å². The van der Waals surface area contributed by atoms with Gasteiger partial charge in [0, 0.05) is 23.7 Å². The molecule has 1 aromatic heterocycles. The molecule has 0 aliphatic heterocycles. The van der Waals surface area contributed by atoms with Crippen LogP contribution in [-0.4, -0.2) is 43.4 Å². The maximum atomic E-state index is 14.5. The first-order valence-electron chi connectivity index (χ1n) is 8.71. The number of rotatable bonds is 8. The Morgan fingerprint density at radius 1 is 1.40 bits per heavy atom. The van der Waals surface area contributed by atoms with E-state index in [0.29, 0.717) is 6.04 Å². The Balaban J connectivity index is 2.01. The number of hydrogen-bond acceptors (Lipinski definition) is 4. The minimum Gasteiger partial charge on any atom is -0.381 e. The number of nitrogens with zero attached hydrogens (tertiary/aromatic N) is 4. The van der Waals surface area contributed by atoms with Crippen molar-refractivity contribution < 1.29 is 13.9 Å². The maximum absolute atomic E-state index is 14.5. The second-order valence-corrected chi connectivity index (χ2v) is 6.79. The Labute approximate surface area is 146 Å². The SMILES string of the molecule is CCCN(C1CC1)[C@H](C)[C@](O)(Cn1cncn1)c1ccc(F)cc1F. The van der Waals surface area contributed by atoms with Crippen LogP contribution >= 0.6 is 0 Å². The van der Waals surface area contributed by atoms with Crippen molar-refractivity contribution in [3.8, 4) is 0 Å². The summed E-state index contributed by atoms with van der Waals surface area (Å²) in [5.41, 5.74) is -1.47. The Morgan fingerprint density at radius 2 is 2.16 bits per heavy atom. The third kappa shape index (κ3) is 3.72. The van der Waals surface area contributed by atoms with Gasteiger partial charge in [-0.05, 0) is 38.8 Å². The minimum absolute atomic E-state index is 0.0453. The molecule has 1 fully saturated rings. The monoisotopic (exact) mass is 350 g/mol. The van der Waals surface area contributed by atoms with Crippen LogP contribution in [0.15, 0.2) is 30.9 Å². The van der Waals surface area contributed by atoms with E-state index in [1.165, 1.54) is 29.5 Å². The third-order valence-corrected chi connectivity index (χ3v) is 4.95. The zero-order valence-electron chi connectivity index (χ0n) is 14.6. The Kier molecular flexibility index (Phi) is 5.15. The average Bonchev–Trinajstić information content (AvgIpc) is 3.29. The number of hydrogen-bond donors (Lipinski definition) is 1. The number of benzene rings is 1. The molecule has 0 radical (unpaired) electrons. The molecule has 7 heteroatoms. The van der Waals surface area contributed by atoms with Gasteiger partial charge < -0.3 is 5.11 Å². The van der Waals surface area contributed by atoms with Gasteiger partial charge in [0.2, 0.25) is 0 Å². The van der Waals surface area contributed by atoms with E-state index in [9.17, 15) is 13.9 Å². The lowest BCUT2D eigenvalue weighted by atomic mass is 9.85. The van der Waals surface area contributed by atoms with Gasteiger partial charge in [0.1, 0.15) is 29.9 Å². The fourth-order valence-electron chi connectivity index (χ4n) is 3.48. The predicted octanol–water partition coefficient (Wildman–Crippen LogP) is 2.71. The summed E-state index contributed by atoms with van der Waals surface area (Å²) in [4.78, 5) is 6.12. The second-order valence-electron chi connectivity index (χ2n) is 6.79. The summed E-state index contributed by atoms with van der Waals surface area (Å²) in [5, 5.41) is 15.6. The maximum Gasteiger partial charge on any atom is 0.137 e. The topological polar surface area (TPSA) is 54.2 Å². The Bertz CT molecular complexity index is 705. The van der Waals surface area contributed by atoms with Gasteiger partial charge in [0.25, 0.3) is 0 Å². The van der Waals surface area contributed by atoms with Crippen LogP contribution in [-0.2, 0) is 12.1 Å². The zero-order chi connectivity index (χ0) is 18.0. The largest absolute Gasteiger partial charge is 0.381 e. The molecule has 2 aromatic rings. The third-order valence-electron chi connectivity index (χ3n) is 4.95. The Morgan fingerprint density at radius 3 is 2.72 bits per heavy atom. The molecule has 0 saturated heterocycles. The molecule has 1 N–H and O–H groups in total. The van der Waals surface area contributed by atoms with Gasteiger partial charge in [0.05, 0.1) is 6.54 Å². The zero-order valence-corrected chi connectivity index (χ0v) is 14.6. The van der Waals surface area contributed by atoms with Crippen LogP contribution in [0.1, 0.15) is 38.7 Å². The van der Waals surface area contributed by atoms with Gasteiger partial charge in [-0.3, -0.25) is 4.90 Å². The molecule has 136 valence electrons. The standard InChI is InChI=1S/C18H24F2N4O/c1-3-8-24(15-5-6-15)13(2)18(25,10-23-12-21-11-22-23)16-7-4-14(19)9-17(16)20/h4,7,9,11-13,15,25H,3,5-6,8,10H2,1-2H3/t13-,18-/m1/s1. The van der Waals surface area contributed by atoms with Crippen molar-refractivity contribution in [2.75, 3.05) is 6.54 Å². The number of aliphatic hydroxyl groups is 1. The van der Waals surface area contributed by atoms with Gasteiger partial charge in [-0.25, -0.2) is 18.4 Å². The van der Waals surface area contributed by atoms with Crippen LogP contribution in [0.4, 0.5) is 8.78 Å². The van der Waals surface area contributed by atoms with E-state index in [2.05, 4.69) is 21.9 Å². The molecule has 0 unspecified atom stereocenters. The predicted molar refractivity (Wildman–Crippen MR) is 89.8 cm³/mol. The smallest absolute Gasteiger partial charge is 0.137 e. The first kappa shape index (κ1) is 17.9. The van der Waals surface area contributed by atoms with Crippen LogP contribution in [0.2, 0.25) is 0 Å². The molecule has 1 heterocycles. The fraction of sp³-hybridized carbons (Fsp3) is 0.556. The van der Waals surface area contributed by atoms with Gasteiger partial charge in [-0.1, -0.05) is 13.0 Å². The summed E-state index contributed by atoms with van der Waals surface area (Å²) in [5.74, 6) is -1.41. The van der Waals surface area contributed by atoms with Crippen LogP contribution in [0, 0.1) is 11.6 Å². The van der Waals surface area contributed by atoms with Gasteiger partial charge in [0.15, 0.2) is 0 Å². The average molecular weight is 350 g/mol. The van der Waals surface area contributed by atoms with Crippen LogP contribution in [0.3, 0.4) is 0 Å². The highest BCUT2D eigenvalue weighted by atomic mass is 19.1. The molecule has 1 aliphatic carbocycles. The van der Waals surface area contributed by atoms with E-state index >= 15 is 0 Å². The highest BCUT2D eigenvalue weighted by molar-refractivity contribution is 5.27. The molecule has 25 heavy (non-hydrogen) atoms. The molecule has 3 rings (SSSR count). The van der Waals surface area contributed by atoms with Crippen molar-refractivity contribution in [3.63, 3.8) is 0 Å². The summed E-state index contributed by atoms with van der Waals surface area (Å²) < 4.78 is 29.4. The summed E-state index contributed by atoms with van der Waals surface area (Å²) in [7, 11) is 0. The first-order valence-corrected chi connectivity index (χ1v) is 8.71. The van der Waals surface area contributed by atoms with Crippen molar-refractivity contribution in [2.45, 2.75) is 57.3 Å². The lowest BCUT2D eigenvalue weighted by molar-refractivity contribution is -0.0665. The lowest BCUT2D eigenvalue weighted by Crippen LogP contribution is -2.53. The molecule has 5 nitrogen and oxygen atoms in total. The first-order chi connectivity index (χ1) is 12.0. The van der Waals surface area contributed by atoms with Crippen LogP contribution < -0.4 is 0 Å². The Hall–Kier alpha value is -1.86. The molecule has 0 spiro atoms. The lowest BCUT2D eigenvalue weighted by Gasteiger charge is -2.41. The minimum atomic E-state index is -1.55. The van der Waals surface area contributed by atoms with Crippen LogP contribution in [0.5, 0.6) is 0 Å². The van der Waals surface area contributed by atoms with Gasteiger partial charge in [-0.2, -0.15) is 5.10 Å². The van der Waals surface area contributed by atoms with E-state index in [4.69, 9.17) is 0 Å². The fourth-order valence-corrected chi connectivity index (χ4v) is 3.48. The van der Waals surface area contributed by atoms with Crippen LogP contribution in [0.25, 0.3) is 0 Å². The summed E-state index contributed by atoms with van der Waals surface area (Å²) >= 11 is 0. The summed E-state index contributed by atoms with van der Waals surface area (Å²) in [6.45, 7) is 4.84. The second kappa shape index (κ2) is 7.17. The van der Waals surface area contributed by atoms with Crippen molar-refractivity contribution in [2.24, 2.45) is 0 Å². The molecule has 2 atom stereocenters. The van der Waals surface area contributed by atoms with Crippen molar-refractivity contribution >= 4 is 0 Å². The van der Waals surface area contributed by atoms with E-state index in [1.807, 2.05) is 6.92 Å². The van der Waals surface area contributed by atoms with Crippen molar-refractivity contribution in [1.29, 1.82) is 0 Å². The molecule has 0 bridgehead atoms. The summed E-state index contributed by atoms with van der Waals surface area (Å²) in [6.07, 6.45) is 5.95. The molecular weight excluding hydrogens is 326 g/mol.